The standard InChI is InChI=1S/C13H16N2O/c1-8-6-9(2)12-11(7-8)16-13(15-12)10-4-3-5-14-10/h6-7,10,14H,3-5H2,1-2H3. The Bertz CT molecular complexity index is 524. The number of nitrogens with zero attached hydrogens (tertiary/aromatic N) is 1. The Morgan fingerprint density at radius 3 is 3.00 bits per heavy atom. The molecule has 0 radical (unpaired) electrons. The topological polar surface area (TPSA) is 38.1 Å². The number of rotatable bonds is 1. The summed E-state index contributed by atoms with van der Waals surface area (Å²) in [5, 5.41) is 3.41. The van der Waals surface area contributed by atoms with Crippen LogP contribution in [0.3, 0.4) is 0 Å². The molecule has 1 aromatic carbocycles. The maximum atomic E-state index is 5.84. The van der Waals surface area contributed by atoms with Crippen molar-refractivity contribution < 1.29 is 4.42 Å². The smallest absolute Gasteiger partial charge is 0.212 e. The third-order valence-corrected chi connectivity index (χ3v) is 3.20. The zero-order valence-electron chi connectivity index (χ0n) is 9.71. The molecule has 0 aliphatic carbocycles. The zero-order chi connectivity index (χ0) is 11.1. The predicted octanol–water partition coefficient (Wildman–Crippen LogP) is 2.87. The fraction of sp³-hybridized carbons (Fsp3) is 0.462. The van der Waals surface area contributed by atoms with Gasteiger partial charge in [0.05, 0.1) is 6.04 Å². The van der Waals surface area contributed by atoms with Crippen LogP contribution in [-0.2, 0) is 0 Å². The SMILES string of the molecule is Cc1cc(C)c2nc(C3CCCN3)oc2c1. The van der Waals surface area contributed by atoms with Crippen LogP contribution in [0.25, 0.3) is 11.1 Å². The molecule has 3 rings (SSSR count). The quantitative estimate of drug-likeness (QED) is 0.796. The van der Waals surface area contributed by atoms with E-state index in [1.807, 2.05) is 0 Å². The van der Waals surface area contributed by atoms with Crippen molar-refractivity contribution in [3.8, 4) is 0 Å². The van der Waals surface area contributed by atoms with Crippen LogP contribution in [0, 0.1) is 13.8 Å². The molecule has 0 saturated carbocycles. The van der Waals surface area contributed by atoms with Gasteiger partial charge in [0.15, 0.2) is 5.58 Å². The van der Waals surface area contributed by atoms with Gasteiger partial charge in [0.1, 0.15) is 5.52 Å². The highest BCUT2D eigenvalue weighted by Crippen LogP contribution is 2.28. The minimum absolute atomic E-state index is 0.312. The van der Waals surface area contributed by atoms with Crippen LogP contribution in [0.4, 0.5) is 0 Å². The van der Waals surface area contributed by atoms with E-state index in [2.05, 4.69) is 36.3 Å². The molecule has 0 amide bonds. The van der Waals surface area contributed by atoms with E-state index in [-0.39, 0.29) is 0 Å². The zero-order valence-corrected chi connectivity index (χ0v) is 9.71. The lowest BCUT2D eigenvalue weighted by molar-refractivity contribution is 0.451. The van der Waals surface area contributed by atoms with Gasteiger partial charge in [0, 0.05) is 0 Å². The van der Waals surface area contributed by atoms with Crippen LogP contribution in [0.15, 0.2) is 16.5 Å². The van der Waals surface area contributed by atoms with Crippen molar-refractivity contribution in [1.82, 2.24) is 10.3 Å². The summed E-state index contributed by atoms with van der Waals surface area (Å²) < 4.78 is 5.84. The first kappa shape index (κ1) is 9.85. The van der Waals surface area contributed by atoms with Crippen LogP contribution in [0.5, 0.6) is 0 Å². The summed E-state index contributed by atoms with van der Waals surface area (Å²) in [5.41, 5.74) is 4.35. The van der Waals surface area contributed by atoms with Gasteiger partial charge in [-0.05, 0) is 50.4 Å². The normalized spacial score (nSPS) is 20.8. The summed E-state index contributed by atoms with van der Waals surface area (Å²) in [4.78, 5) is 4.61. The van der Waals surface area contributed by atoms with Crippen LogP contribution >= 0.6 is 0 Å². The number of hydrogen-bond acceptors (Lipinski definition) is 3. The molecule has 2 aromatic rings. The predicted molar refractivity (Wildman–Crippen MR) is 63.5 cm³/mol. The summed E-state index contributed by atoms with van der Waals surface area (Å²) in [6.45, 7) is 5.24. The number of hydrogen-bond donors (Lipinski definition) is 1. The lowest BCUT2D eigenvalue weighted by Gasteiger charge is -2.02. The van der Waals surface area contributed by atoms with E-state index in [9.17, 15) is 0 Å². The minimum Gasteiger partial charge on any atom is -0.439 e. The number of benzene rings is 1. The molecule has 84 valence electrons. The Labute approximate surface area is 94.9 Å². The average Bonchev–Trinajstić information content (AvgIpc) is 2.82. The third kappa shape index (κ3) is 1.52. The van der Waals surface area contributed by atoms with E-state index in [0.717, 1.165) is 30.0 Å². The molecular formula is C13H16N2O. The molecule has 1 N–H and O–H groups in total. The number of aromatic nitrogens is 1. The lowest BCUT2D eigenvalue weighted by Crippen LogP contribution is -2.12. The van der Waals surface area contributed by atoms with Gasteiger partial charge in [-0.3, -0.25) is 0 Å². The van der Waals surface area contributed by atoms with E-state index < -0.39 is 0 Å². The molecule has 16 heavy (non-hydrogen) atoms. The minimum atomic E-state index is 0.312. The van der Waals surface area contributed by atoms with Crippen molar-refractivity contribution in [3.63, 3.8) is 0 Å². The molecule has 3 nitrogen and oxygen atoms in total. The lowest BCUT2D eigenvalue weighted by atomic mass is 10.1. The van der Waals surface area contributed by atoms with Crippen molar-refractivity contribution in [2.45, 2.75) is 32.7 Å². The fourth-order valence-electron chi connectivity index (χ4n) is 2.43. The molecule has 1 fully saturated rings. The highest BCUT2D eigenvalue weighted by atomic mass is 16.3. The molecular weight excluding hydrogens is 200 g/mol. The number of nitrogens with one attached hydrogen (secondary N) is 1. The monoisotopic (exact) mass is 216 g/mol. The Morgan fingerprint density at radius 2 is 2.25 bits per heavy atom. The maximum Gasteiger partial charge on any atom is 0.212 e. The molecule has 1 atom stereocenters. The van der Waals surface area contributed by atoms with Crippen molar-refractivity contribution in [2.75, 3.05) is 6.54 Å². The summed E-state index contributed by atoms with van der Waals surface area (Å²) in [5.74, 6) is 0.848. The van der Waals surface area contributed by atoms with Crippen LogP contribution in [0.2, 0.25) is 0 Å². The number of oxazole rings is 1. The average molecular weight is 216 g/mol. The summed E-state index contributed by atoms with van der Waals surface area (Å²) in [6.07, 6.45) is 2.34. The summed E-state index contributed by atoms with van der Waals surface area (Å²) in [7, 11) is 0. The molecule has 2 heterocycles. The Kier molecular flexibility index (Phi) is 2.21. The van der Waals surface area contributed by atoms with E-state index in [1.165, 1.54) is 17.5 Å². The molecule has 1 aliphatic heterocycles. The summed E-state index contributed by atoms with van der Waals surface area (Å²) in [6, 6.07) is 4.52. The van der Waals surface area contributed by atoms with Crippen molar-refractivity contribution in [3.05, 3.63) is 29.2 Å². The highest BCUT2D eigenvalue weighted by molar-refractivity contribution is 5.77. The largest absolute Gasteiger partial charge is 0.439 e. The van der Waals surface area contributed by atoms with Crippen molar-refractivity contribution >= 4 is 11.1 Å². The third-order valence-electron chi connectivity index (χ3n) is 3.20. The van der Waals surface area contributed by atoms with Gasteiger partial charge >= 0.3 is 0 Å². The van der Waals surface area contributed by atoms with E-state index in [0.29, 0.717) is 6.04 Å². The van der Waals surface area contributed by atoms with Gasteiger partial charge in [-0.2, -0.15) is 0 Å². The Balaban J connectivity index is 2.11. The van der Waals surface area contributed by atoms with Gasteiger partial charge in [-0.1, -0.05) is 6.07 Å². The summed E-state index contributed by atoms with van der Waals surface area (Å²) >= 11 is 0. The van der Waals surface area contributed by atoms with E-state index in [4.69, 9.17) is 4.42 Å². The first-order valence-corrected chi connectivity index (χ1v) is 5.85. The second kappa shape index (κ2) is 3.59. The highest BCUT2D eigenvalue weighted by Gasteiger charge is 2.22. The van der Waals surface area contributed by atoms with Crippen molar-refractivity contribution in [1.29, 1.82) is 0 Å². The molecule has 1 saturated heterocycles. The second-order valence-electron chi connectivity index (χ2n) is 4.63. The first-order chi connectivity index (χ1) is 7.74. The van der Waals surface area contributed by atoms with Crippen LogP contribution in [-0.4, -0.2) is 11.5 Å². The molecule has 1 aliphatic rings. The van der Waals surface area contributed by atoms with E-state index >= 15 is 0 Å². The Morgan fingerprint density at radius 1 is 1.38 bits per heavy atom. The van der Waals surface area contributed by atoms with Crippen molar-refractivity contribution in [2.24, 2.45) is 0 Å². The van der Waals surface area contributed by atoms with Gasteiger partial charge in [0.25, 0.3) is 0 Å². The first-order valence-electron chi connectivity index (χ1n) is 5.85. The van der Waals surface area contributed by atoms with Gasteiger partial charge in [-0.15, -0.1) is 0 Å². The molecule has 1 unspecified atom stereocenters. The van der Waals surface area contributed by atoms with Crippen LogP contribution in [0.1, 0.15) is 35.9 Å². The number of aryl methyl sites for hydroxylation is 2. The fourth-order valence-corrected chi connectivity index (χ4v) is 2.43. The second-order valence-corrected chi connectivity index (χ2v) is 4.63. The number of fused-ring (bicyclic) bond motifs is 1. The molecule has 0 spiro atoms. The van der Waals surface area contributed by atoms with E-state index in [1.54, 1.807) is 0 Å². The molecule has 0 bridgehead atoms. The van der Waals surface area contributed by atoms with Gasteiger partial charge < -0.3 is 9.73 Å². The van der Waals surface area contributed by atoms with Crippen LogP contribution < -0.4 is 5.32 Å². The van der Waals surface area contributed by atoms with Gasteiger partial charge in [-0.25, -0.2) is 4.98 Å². The Hall–Kier alpha value is -1.35. The maximum absolute atomic E-state index is 5.84. The molecule has 1 aromatic heterocycles. The van der Waals surface area contributed by atoms with Gasteiger partial charge in [0.2, 0.25) is 5.89 Å². The molecule has 3 heteroatoms.